The van der Waals surface area contributed by atoms with Crippen molar-refractivity contribution in [1.82, 2.24) is 0 Å². The molecule has 2 unspecified atom stereocenters. The third-order valence-electron chi connectivity index (χ3n) is 2.52. The van der Waals surface area contributed by atoms with Crippen LogP contribution in [-0.4, -0.2) is 18.3 Å². The first-order valence-corrected chi connectivity index (χ1v) is 6.47. The minimum atomic E-state index is -1.02. The quantitative estimate of drug-likeness (QED) is 0.869. The third kappa shape index (κ3) is 4.47. The van der Waals surface area contributed by atoms with Gasteiger partial charge in [0.05, 0.1) is 0 Å². The van der Waals surface area contributed by atoms with E-state index in [1.807, 2.05) is 0 Å². The van der Waals surface area contributed by atoms with Gasteiger partial charge in [-0.1, -0.05) is 36.2 Å². The van der Waals surface area contributed by atoms with E-state index in [9.17, 15) is 9.59 Å². The molecule has 2 atom stereocenters. The summed E-state index contributed by atoms with van der Waals surface area (Å²) in [5.74, 6) is 0. The molecule has 1 aromatic carbocycles. The maximum atomic E-state index is 11.0. The molecule has 0 aliphatic carbocycles. The average Bonchev–Trinajstić information content (AvgIpc) is 2.33. The number of primary amides is 2. The van der Waals surface area contributed by atoms with Crippen LogP contribution in [0.25, 0.3) is 0 Å². The van der Waals surface area contributed by atoms with Crippen molar-refractivity contribution in [2.75, 3.05) is 0 Å². The van der Waals surface area contributed by atoms with E-state index in [-0.39, 0.29) is 5.02 Å². The Morgan fingerprint density at radius 1 is 1.20 bits per heavy atom. The maximum absolute atomic E-state index is 11.0. The Balaban J connectivity index is 3.15. The number of rotatable bonds is 5. The molecule has 0 radical (unpaired) electrons. The molecule has 0 bridgehead atoms. The molecule has 20 heavy (non-hydrogen) atoms. The molecule has 0 aliphatic rings. The van der Waals surface area contributed by atoms with Gasteiger partial charge in [-0.3, -0.25) is 0 Å². The highest BCUT2D eigenvalue weighted by atomic mass is 35.5. The Hall–Kier alpha value is -1.66. The van der Waals surface area contributed by atoms with Crippen molar-refractivity contribution < 1.29 is 19.1 Å². The lowest BCUT2D eigenvalue weighted by atomic mass is 10.0. The molecule has 0 aromatic heterocycles. The summed E-state index contributed by atoms with van der Waals surface area (Å²) in [4.78, 5) is 21.9. The Bertz CT molecular complexity index is 510. The summed E-state index contributed by atoms with van der Waals surface area (Å²) in [7, 11) is 0. The Morgan fingerprint density at radius 3 is 2.25 bits per heavy atom. The lowest BCUT2D eigenvalue weighted by Crippen LogP contribution is -2.32. The van der Waals surface area contributed by atoms with E-state index >= 15 is 0 Å². The molecular formula is C12H14Cl2N2O4. The normalized spacial score (nSPS) is 13.3. The molecule has 1 rings (SSSR count). The van der Waals surface area contributed by atoms with Crippen molar-refractivity contribution in [3.8, 4) is 0 Å². The predicted molar refractivity (Wildman–Crippen MR) is 74.6 cm³/mol. The molecule has 110 valence electrons. The molecule has 6 nitrogen and oxygen atoms in total. The SMILES string of the molecule is CCC(OC(N)=O)C(OC(N)=O)c1ccc(Cl)cc1Cl. The van der Waals surface area contributed by atoms with Crippen molar-refractivity contribution in [2.24, 2.45) is 11.5 Å². The fourth-order valence-electron chi connectivity index (χ4n) is 1.71. The van der Waals surface area contributed by atoms with Gasteiger partial charge in [0.25, 0.3) is 0 Å². The standard InChI is InChI=1S/C12H14Cl2N2O4/c1-2-9(19-11(15)17)10(20-12(16)18)7-4-3-6(13)5-8(7)14/h3-5,9-10H,2H2,1H3,(H2,15,17)(H2,16,18). The number of amides is 2. The molecule has 0 aliphatic heterocycles. The van der Waals surface area contributed by atoms with Crippen molar-refractivity contribution in [2.45, 2.75) is 25.6 Å². The molecular weight excluding hydrogens is 307 g/mol. The van der Waals surface area contributed by atoms with Crippen LogP contribution in [0.4, 0.5) is 9.59 Å². The third-order valence-corrected chi connectivity index (χ3v) is 3.08. The number of carbonyl (C=O) groups is 2. The molecule has 0 heterocycles. The van der Waals surface area contributed by atoms with E-state index in [4.69, 9.17) is 44.1 Å². The van der Waals surface area contributed by atoms with E-state index < -0.39 is 24.4 Å². The molecule has 2 amide bonds. The zero-order valence-electron chi connectivity index (χ0n) is 10.6. The molecule has 0 saturated heterocycles. The van der Waals surface area contributed by atoms with E-state index in [2.05, 4.69) is 0 Å². The van der Waals surface area contributed by atoms with Gasteiger partial charge in [-0.15, -0.1) is 0 Å². The number of carbonyl (C=O) groups excluding carboxylic acids is 2. The van der Waals surface area contributed by atoms with Crippen molar-refractivity contribution in [3.63, 3.8) is 0 Å². The van der Waals surface area contributed by atoms with Gasteiger partial charge >= 0.3 is 12.2 Å². The zero-order chi connectivity index (χ0) is 15.3. The smallest absolute Gasteiger partial charge is 0.405 e. The summed E-state index contributed by atoms with van der Waals surface area (Å²) >= 11 is 11.9. The highest BCUT2D eigenvalue weighted by Crippen LogP contribution is 2.32. The number of benzene rings is 1. The van der Waals surface area contributed by atoms with Crippen LogP contribution in [0.1, 0.15) is 25.0 Å². The molecule has 0 fully saturated rings. The maximum Gasteiger partial charge on any atom is 0.405 e. The van der Waals surface area contributed by atoms with Gasteiger partial charge in [-0.25, -0.2) is 9.59 Å². The summed E-state index contributed by atoms with van der Waals surface area (Å²) < 4.78 is 9.91. The Kier molecular flexibility index (Phi) is 5.91. The van der Waals surface area contributed by atoms with E-state index in [1.165, 1.54) is 6.07 Å². The van der Waals surface area contributed by atoms with Crippen molar-refractivity contribution >= 4 is 35.4 Å². The van der Waals surface area contributed by atoms with Crippen molar-refractivity contribution in [1.29, 1.82) is 0 Å². The van der Waals surface area contributed by atoms with Crippen LogP contribution in [0, 0.1) is 0 Å². The number of nitrogens with two attached hydrogens (primary N) is 2. The summed E-state index contributed by atoms with van der Waals surface area (Å²) in [5.41, 5.74) is 10.4. The summed E-state index contributed by atoms with van der Waals surface area (Å²) in [6.45, 7) is 1.73. The van der Waals surface area contributed by atoms with Gasteiger partial charge in [0.1, 0.15) is 6.10 Å². The van der Waals surface area contributed by atoms with Gasteiger partial charge in [0, 0.05) is 15.6 Å². The van der Waals surface area contributed by atoms with Crippen LogP contribution in [-0.2, 0) is 9.47 Å². The minimum Gasteiger partial charge on any atom is -0.442 e. The number of ether oxygens (including phenoxy) is 2. The number of halogens is 2. The summed E-state index contributed by atoms with van der Waals surface area (Å²) in [6, 6.07) is 4.61. The first kappa shape index (κ1) is 16.4. The zero-order valence-corrected chi connectivity index (χ0v) is 12.1. The largest absolute Gasteiger partial charge is 0.442 e. The Morgan fingerprint density at radius 2 is 1.80 bits per heavy atom. The average molecular weight is 321 g/mol. The van der Waals surface area contributed by atoms with Gasteiger partial charge in [-0.2, -0.15) is 0 Å². The van der Waals surface area contributed by atoms with E-state index in [0.29, 0.717) is 17.0 Å². The summed E-state index contributed by atoms with van der Waals surface area (Å²) in [6.07, 6.45) is -3.43. The fraction of sp³-hybridized carbons (Fsp3) is 0.333. The molecule has 8 heteroatoms. The van der Waals surface area contributed by atoms with Crippen LogP contribution in [0.15, 0.2) is 18.2 Å². The molecule has 1 aromatic rings. The predicted octanol–water partition coefficient (Wildman–Crippen LogP) is 3.00. The Labute approximate surface area is 125 Å². The van der Waals surface area contributed by atoms with E-state index in [0.717, 1.165) is 0 Å². The van der Waals surface area contributed by atoms with Gasteiger partial charge in [0.15, 0.2) is 6.10 Å². The highest BCUT2D eigenvalue weighted by molar-refractivity contribution is 6.35. The highest BCUT2D eigenvalue weighted by Gasteiger charge is 2.29. The van der Waals surface area contributed by atoms with Gasteiger partial charge in [-0.05, 0) is 18.6 Å². The van der Waals surface area contributed by atoms with Crippen molar-refractivity contribution in [3.05, 3.63) is 33.8 Å². The van der Waals surface area contributed by atoms with E-state index in [1.54, 1.807) is 19.1 Å². The number of hydrogen-bond donors (Lipinski definition) is 2. The topological polar surface area (TPSA) is 105 Å². The first-order valence-electron chi connectivity index (χ1n) is 5.72. The molecule has 0 spiro atoms. The van der Waals surface area contributed by atoms with Gasteiger partial charge in [0.2, 0.25) is 0 Å². The summed E-state index contributed by atoms with van der Waals surface area (Å²) in [5, 5.41) is 0.677. The van der Waals surface area contributed by atoms with Crippen LogP contribution in [0.2, 0.25) is 10.0 Å². The second-order valence-corrected chi connectivity index (χ2v) is 4.75. The monoisotopic (exact) mass is 320 g/mol. The molecule has 4 N–H and O–H groups in total. The first-order chi connectivity index (χ1) is 9.35. The lowest BCUT2D eigenvalue weighted by molar-refractivity contribution is -0.00647. The van der Waals surface area contributed by atoms with Crippen LogP contribution >= 0.6 is 23.2 Å². The fourth-order valence-corrected chi connectivity index (χ4v) is 2.22. The second-order valence-electron chi connectivity index (χ2n) is 3.91. The number of hydrogen-bond acceptors (Lipinski definition) is 4. The lowest BCUT2D eigenvalue weighted by Gasteiger charge is -2.25. The van der Waals surface area contributed by atoms with Gasteiger partial charge < -0.3 is 20.9 Å². The van der Waals surface area contributed by atoms with Crippen LogP contribution in [0.3, 0.4) is 0 Å². The van der Waals surface area contributed by atoms with Crippen LogP contribution in [0.5, 0.6) is 0 Å². The van der Waals surface area contributed by atoms with Crippen LogP contribution < -0.4 is 11.5 Å². The minimum absolute atomic E-state index is 0.260. The molecule has 0 saturated carbocycles. The second kappa shape index (κ2) is 7.21.